The van der Waals surface area contributed by atoms with E-state index in [-0.39, 0.29) is 18.4 Å². The van der Waals surface area contributed by atoms with E-state index < -0.39 is 12.1 Å². The van der Waals surface area contributed by atoms with Gasteiger partial charge in [-0.2, -0.15) is 0 Å². The molecule has 0 unspecified atom stereocenters. The number of hydrogen-bond acceptors (Lipinski definition) is 2. The molecular formula is C24H24ClN3O2. The lowest BCUT2D eigenvalue weighted by Crippen LogP contribution is -2.63. The fraction of sp³-hybridized carbons (Fsp3) is 0.333. The molecule has 2 aliphatic rings. The standard InChI is InChI=1S/C24H24ClN3O2/c1-2-3-12-27-14-21(29)28-20(24(27)30)13-17-15-8-5-7-11-19(15)26-22(17)23(28)16-9-4-6-10-18(16)25/h4-11,20,23,26H,2-3,12-14H2,1H3/t20-,23-/m0/s1. The van der Waals surface area contributed by atoms with E-state index in [0.717, 1.165) is 40.6 Å². The number of amides is 2. The van der Waals surface area contributed by atoms with Gasteiger partial charge in [0, 0.05) is 34.6 Å². The third-order valence-corrected chi connectivity index (χ3v) is 6.67. The number of para-hydroxylation sites is 1. The maximum atomic E-state index is 13.4. The van der Waals surface area contributed by atoms with Crippen LogP contribution in [0, 0.1) is 0 Å². The molecule has 2 aromatic carbocycles. The molecule has 0 aliphatic carbocycles. The highest BCUT2D eigenvalue weighted by Gasteiger charge is 2.48. The highest BCUT2D eigenvalue weighted by Crippen LogP contribution is 2.44. The number of rotatable bonds is 4. The molecule has 2 aliphatic heterocycles. The van der Waals surface area contributed by atoms with E-state index in [0.29, 0.717) is 18.0 Å². The molecule has 0 saturated carbocycles. The second-order valence-electron chi connectivity index (χ2n) is 8.12. The summed E-state index contributed by atoms with van der Waals surface area (Å²) in [5.41, 5.74) is 3.93. The molecule has 1 aromatic heterocycles. The lowest BCUT2D eigenvalue weighted by Gasteiger charge is -2.47. The zero-order valence-corrected chi connectivity index (χ0v) is 17.7. The molecule has 2 amide bonds. The van der Waals surface area contributed by atoms with Gasteiger partial charge in [-0.25, -0.2) is 0 Å². The average molecular weight is 422 g/mol. The van der Waals surface area contributed by atoms with Gasteiger partial charge in [0.1, 0.15) is 6.04 Å². The fourth-order valence-corrected chi connectivity index (χ4v) is 5.12. The molecule has 5 rings (SSSR count). The highest BCUT2D eigenvalue weighted by molar-refractivity contribution is 6.31. The number of nitrogens with one attached hydrogen (secondary N) is 1. The van der Waals surface area contributed by atoms with E-state index >= 15 is 0 Å². The minimum Gasteiger partial charge on any atom is -0.356 e. The van der Waals surface area contributed by atoms with Crippen molar-refractivity contribution in [3.63, 3.8) is 0 Å². The second-order valence-corrected chi connectivity index (χ2v) is 8.53. The van der Waals surface area contributed by atoms with Gasteiger partial charge >= 0.3 is 0 Å². The number of aromatic nitrogens is 1. The van der Waals surface area contributed by atoms with Crippen LogP contribution in [0.2, 0.25) is 5.02 Å². The van der Waals surface area contributed by atoms with Gasteiger partial charge in [0.05, 0.1) is 12.6 Å². The Balaban J connectivity index is 1.68. The molecule has 5 nitrogen and oxygen atoms in total. The highest BCUT2D eigenvalue weighted by atomic mass is 35.5. The van der Waals surface area contributed by atoms with E-state index in [9.17, 15) is 9.59 Å². The van der Waals surface area contributed by atoms with Crippen LogP contribution in [0.25, 0.3) is 10.9 Å². The van der Waals surface area contributed by atoms with E-state index in [1.807, 2.05) is 42.5 Å². The first-order valence-electron chi connectivity index (χ1n) is 10.5. The summed E-state index contributed by atoms with van der Waals surface area (Å²) in [4.78, 5) is 33.8. The van der Waals surface area contributed by atoms with Gasteiger partial charge in [0.2, 0.25) is 11.8 Å². The molecule has 2 atom stereocenters. The van der Waals surface area contributed by atoms with Crippen LogP contribution in [0.5, 0.6) is 0 Å². The van der Waals surface area contributed by atoms with Crippen molar-refractivity contribution in [2.75, 3.05) is 13.1 Å². The van der Waals surface area contributed by atoms with E-state index in [4.69, 9.17) is 11.6 Å². The first kappa shape index (κ1) is 19.2. The van der Waals surface area contributed by atoms with Crippen molar-refractivity contribution in [3.8, 4) is 0 Å². The summed E-state index contributed by atoms with van der Waals surface area (Å²) in [5, 5.41) is 1.71. The van der Waals surface area contributed by atoms with E-state index in [1.54, 1.807) is 9.80 Å². The lowest BCUT2D eigenvalue weighted by molar-refractivity contribution is -0.158. The minimum absolute atomic E-state index is 0.0232. The second kappa shape index (κ2) is 7.47. The SMILES string of the molecule is CCCCN1CC(=O)N2[C@@H](c3ccccc3Cl)c3[nH]c4ccccc4c3C[C@H]2C1=O. The summed E-state index contributed by atoms with van der Waals surface area (Å²) in [6.45, 7) is 2.85. The third-order valence-electron chi connectivity index (χ3n) is 6.32. The number of fused-ring (bicyclic) bond motifs is 4. The van der Waals surface area contributed by atoms with Crippen molar-refractivity contribution in [1.29, 1.82) is 0 Å². The van der Waals surface area contributed by atoms with Gasteiger partial charge in [-0.3, -0.25) is 9.59 Å². The Kier molecular flexibility index (Phi) is 4.78. The van der Waals surface area contributed by atoms with Crippen LogP contribution in [0.1, 0.15) is 42.6 Å². The minimum atomic E-state index is -0.504. The van der Waals surface area contributed by atoms with Crippen molar-refractivity contribution in [3.05, 3.63) is 70.4 Å². The molecule has 0 spiro atoms. The fourth-order valence-electron chi connectivity index (χ4n) is 4.88. The van der Waals surface area contributed by atoms with Crippen molar-refractivity contribution in [2.45, 2.75) is 38.3 Å². The molecule has 3 heterocycles. The van der Waals surface area contributed by atoms with Crippen LogP contribution in [0.4, 0.5) is 0 Å². The molecule has 30 heavy (non-hydrogen) atoms. The van der Waals surface area contributed by atoms with Crippen molar-refractivity contribution >= 4 is 34.3 Å². The number of carbonyl (C=O) groups is 2. The first-order valence-corrected chi connectivity index (χ1v) is 10.9. The number of aromatic amines is 1. The summed E-state index contributed by atoms with van der Waals surface area (Å²) in [5.74, 6) is 0.0148. The first-order chi connectivity index (χ1) is 14.6. The van der Waals surface area contributed by atoms with Crippen molar-refractivity contribution in [1.82, 2.24) is 14.8 Å². The van der Waals surface area contributed by atoms with Gasteiger partial charge in [-0.15, -0.1) is 0 Å². The number of unbranched alkanes of at least 4 members (excludes halogenated alkanes) is 1. The smallest absolute Gasteiger partial charge is 0.246 e. The predicted molar refractivity (Wildman–Crippen MR) is 117 cm³/mol. The zero-order valence-electron chi connectivity index (χ0n) is 16.9. The molecule has 3 aromatic rings. The summed E-state index contributed by atoms with van der Waals surface area (Å²) >= 11 is 6.59. The van der Waals surface area contributed by atoms with Crippen LogP contribution >= 0.6 is 11.6 Å². The summed E-state index contributed by atoms with van der Waals surface area (Å²) in [7, 11) is 0. The number of nitrogens with zero attached hydrogens (tertiary/aromatic N) is 2. The molecule has 154 valence electrons. The average Bonchev–Trinajstić information content (AvgIpc) is 3.13. The van der Waals surface area contributed by atoms with Crippen LogP contribution in [-0.4, -0.2) is 45.7 Å². The Hall–Kier alpha value is -2.79. The molecule has 6 heteroatoms. The molecule has 1 saturated heterocycles. The summed E-state index contributed by atoms with van der Waals surface area (Å²) < 4.78 is 0. The Bertz CT molecular complexity index is 1140. The molecule has 0 radical (unpaired) electrons. The zero-order chi connectivity index (χ0) is 20.8. The van der Waals surface area contributed by atoms with Crippen LogP contribution in [0.3, 0.4) is 0 Å². The molecular weight excluding hydrogens is 398 g/mol. The number of hydrogen-bond donors (Lipinski definition) is 1. The number of piperazine rings is 1. The van der Waals surface area contributed by atoms with Crippen LogP contribution in [-0.2, 0) is 16.0 Å². The van der Waals surface area contributed by atoms with E-state index in [2.05, 4.69) is 18.0 Å². The van der Waals surface area contributed by atoms with Crippen LogP contribution in [0.15, 0.2) is 48.5 Å². The molecule has 0 bridgehead atoms. The Morgan fingerprint density at radius 1 is 1.10 bits per heavy atom. The van der Waals surface area contributed by atoms with Crippen molar-refractivity contribution < 1.29 is 9.59 Å². The largest absolute Gasteiger partial charge is 0.356 e. The van der Waals surface area contributed by atoms with Gasteiger partial charge in [-0.05, 0) is 29.7 Å². The topological polar surface area (TPSA) is 56.4 Å². The lowest BCUT2D eigenvalue weighted by atomic mass is 9.86. The van der Waals surface area contributed by atoms with Gasteiger partial charge in [-0.1, -0.05) is 61.3 Å². The maximum absolute atomic E-state index is 13.4. The number of H-pyrrole nitrogens is 1. The van der Waals surface area contributed by atoms with Gasteiger partial charge in [0.25, 0.3) is 0 Å². The van der Waals surface area contributed by atoms with Crippen LogP contribution < -0.4 is 0 Å². The summed E-state index contributed by atoms with van der Waals surface area (Å²) in [6.07, 6.45) is 2.41. The Labute approximate surface area is 180 Å². The van der Waals surface area contributed by atoms with Gasteiger partial charge < -0.3 is 14.8 Å². The summed E-state index contributed by atoms with van der Waals surface area (Å²) in [6, 6.07) is 14.8. The maximum Gasteiger partial charge on any atom is 0.246 e. The van der Waals surface area contributed by atoms with E-state index in [1.165, 1.54) is 0 Å². The quantitative estimate of drug-likeness (QED) is 0.682. The Morgan fingerprint density at radius 2 is 1.87 bits per heavy atom. The van der Waals surface area contributed by atoms with Crippen molar-refractivity contribution in [2.24, 2.45) is 0 Å². The number of carbonyl (C=O) groups excluding carboxylic acids is 2. The third kappa shape index (κ3) is 2.91. The molecule has 1 N–H and O–H groups in total. The predicted octanol–water partition coefficient (Wildman–Crippen LogP) is 4.31. The molecule has 1 fully saturated rings. The number of benzene rings is 2. The number of halogens is 1. The monoisotopic (exact) mass is 421 g/mol. The Morgan fingerprint density at radius 3 is 2.67 bits per heavy atom. The van der Waals surface area contributed by atoms with Gasteiger partial charge in [0.15, 0.2) is 0 Å². The normalized spacial score (nSPS) is 21.1.